The van der Waals surface area contributed by atoms with Crippen LogP contribution >= 0.6 is 11.6 Å². The molecule has 0 atom stereocenters. The first kappa shape index (κ1) is 8.99. The minimum Gasteiger partial charge on any atom is -0.0936 e. The average molecular weight is 102 g/mol. The average Bonchev–Trinajstić information content (AvgIpc) is 0.918. The van der Waals surface area contributed by atoms with Crippen LogP contribution in [0.15, 0.2) is 12.1 Å². The van der Waals surface area contributed by atoms with Gasteiger partial charge in [-0.3, -0.25) is 0 Å². The maximum atomic E-state index is 4.76. The molecule has 0 heterocycles. The van der Waals surface area contributed by atoms with Crippen LogP contribution in [0.5, 0.6) is 0 Å². The Balaban J connectivity index is 0. The van der Waals surface area contributed by atoms with E-state index in [0.29, 0.717) is 0 Å². The third-order valence-corrected chi connectivity index (χ3v) is 0. The Morgan fingerprint density at radius 3 is 1.75 bits per heavy atom. The smallest absolute Gasteiger partial charge is 0 e. The summed E-state index contributed by atoms with van der Waals surface area (Å²) in [4.78, 5) is 0. The van der Waals surface area contributed by atoms with Crippen molar-refractivity contribution in [3.8, 4) is 0 Å². The topological polar surface area (TPSA) is 0 Å². The molecule has 0 saturated heterocycles. The molecule has 0 spiro atoms. The van der Waals surface area contributed by atoms with Gasteiger partial charge in [-0.1, -0.05) is 18.2 Å². The molecule has 0 aliphatic heterocycles. The van der Waals surface area contributed by atoms with Gasteiger partial charge in [0.2, 0.25) is 0 Å². The zero-order valence-corrected chi connectivity index (χ0v) is 3.48. The molecule has 0 saturated carbocycles. The van der Waals surface area contributed by atoms with Gasteiger partial charge in [0.15, 0.2) is 0 Å². The summed E-state index contributed by atoms with van der Waals surface area (Å²) < 4.78 is 0. The molecule has 0 aromatic carbocycles. The molecular weight excluding hydrogens is 99.4 g/mol. The standard InChI is InChI=1S/C2H3Cl.Ar/c1-2-3;/h2H,1H2;. The molecular formula is C2H3ArCl. The fraction of sp³-hybridized carbons (Fsp3) is 0. The van der Waals surface area contributed by atoms with E-state index in [2.05, 4.69) is 6.58 Å². The number of hydrogen-bond acceptors (Lipinski definition) is 0. The molecule has 4 heavy (non-hydrogen) atoms. The Kier molecular flexibility index (Phi) is 19.9. The molecule has 2 heteroatoms. The van der Waals surface area contributed by atoms with Crippen LogP contribution in [-0.2, 0) is 0 Å². The number of hydrogen-bond donors (Lipinski definition) is 0. The van der Waals surface area contributed by atoms with Gasteiger partial charge in [-0.05, 0) is 5.54 Å². The van der Waals surface area contributed by atoms with Crippen molar-refractivity contribution in [2.24, 2.45) is 0 Å². The number of rotatable bonds is 0. The van der Waals surface area contributed by atoms with E-state index in [9.17, 15) is 0 Å². The Labute approximate surface area is 60.8 Å². The van der Waals surface area contributed by atoms with E-state index < -0.39 is 0 Å². The van der Waals surface area contributed by atoms with E-state index >= 15 is 0 Å². The van der Waals surface area contributed by atoms with Crippen LogP contribution in [0.3, 0.4) is 0 Å². The second-order valence-electron chi connectivity index (χ2n) is 0.154. The minimum atomic E-state index is 0. The van der Waals surface area contributed by atoms with Crippen LogP contribution in [0.1, 0.15) is 0 Å². The van der Waals surface area contributed by atoms with E-state index in [-0.39, 0.29) is 37.7 Å². The van der Waals surface area contributed by atoms with Gasteiger partial charge in [-0.15, -0.1) is 0 Å². The first-order valence-electron chi connectivity index (χ1n) is 0.626. The van der Waals surface area contributed by atoms with Gasteiger partial charge >= 0.3 is 0 Å². The molecule has 0 rings (SSSR count). The first-order chi connectivity index (χ1) is 1.41. The molecule has 0 radical (unpaired) electrons. The monoisotopic (exact) mass is 102 g/mol. The molecule has 0 bridgehead atoms. The van der Waals surface area contributed by atoms with Gasteiger partial charge in [0.1, 0.15) is 0 Å². The van der Waals surface area contributed by atoms with Gasteiger partial charge < -0.3 is 0 Å². The zero-order valence-electron chi connectivity index (χ0n) is 2.02. The second-order valence-corrected chi connectivity index (χ2v) is 0.463. The van der Waals surface area contributed by atoms with Crippen LogP contribution in [0.25, 0.3) is 0 Å². The maximum absolute atomic E-state index is 4.76. The third-order valence-electron chi connectivity index (χ3n) is 0. The predicted molar refractivity (Wildman–Crippen MR) is 16.1 cm³/mol. The fourth-order valence-electron chi connectivity index (χ4n) is 0. The Bertz CT molecular complexity index is 13.5. The minimum absolute atomic E-state index is 0. The van der Waals surface area contributed by atoms with Crippen molar-refractivity contribution in [2.75, 3.05) is 0 Å². The van der Waals surface area contributed by atoms with E-state index in [0.717, 1.165) is 0 Å². The maximum Gasteiger partial charge on any atom is 0 e. The summed E-state index contributed by atoms with van der Waals surface area (Å²) in [7, 11) is 0. The van der Waals surface area contributed by atoms with E-state index in [4.69, 9.17) is 11.6 Å². The van der Waals surface area contributed by atoms with Crippen molar-refractivity contribution in [2.45, 2.75) is 0 Å². The summed E-state index contributed by atoms with van der Waals surface area (Å²) >= 11 is 4.76. The molecule has 0 unspecified atom stereocenters. The van der Waals surface area contributed by atoms with Crippen LogP contribution in [-0.4, -0.2) is 0 Å². The van der Waals surface area contributed by atoms with Gasteiger partial charge in [0.25, 0.3) is 0 Å². The van der Waals surface area contributed by atoms with Crippen molar-refractivity contribution >= 4 is 11.6 Å². The summed E-state index contributed by atoms with van der Waals surface area (Å²) in [5, 5.41) is 0. The molecule has 0 fully saturated rings. The van der Waals surface area contributed by atoms with Crippen molar-refractivity contribution in [3.05, 3.63) is 12.1 Å². The fourth-order valence-corrected chi connectivity index (χ4v) is 0. The largest absolute Gasteiger partial charge is 0.0936 e. The van der Waals surface area contributed by atoms with Crippen LogP contribution in [0.2, 0.25) is 0 Å². The Morgan fingerprint density at radius 2 is 1.75 bits per heavy atom. The summed E-state index contributed by atoms with van der Waals surface area (Å²) in [6, 6.07) is 0. The van der Waals surface area contributed by atoms with Crippen molar-refractivity contribution in [1.82, 2.24) is 0 Å². The molecule has 0 N–H and O–H groups in total. The van der Waals surface area contributed by atoms with E-state index in [1.807, 2.05) is 0 Å². The van der Waals surface area contributed by atoms with E-state index in [1.165, 1.54) is 5.54 Å². The summed E-state index contributed by atoms with van der Waals surface area (Å²) in [6.07, 6.45) is 0. The Hall–Kier alpha value is 1.29. The SMILES string of the molecule is C=CCl.[Ar]. The third kappa shape index (κ3) is 10.4. The molecule has 26 valence electrons. The predicted octanol–water partition coefficient (Wildman–Crippen LogP) is 1.37. The molecule has 0 amide bonds. The quantitative estimate of drug-likeness (QED) is 0.433. The van der Waals surface area contributed by atoms with Gasteiger partial charge in [0.05, 0.1) is 0 Å². The molecule has 0 aromatic heterocycles. The molecule has 0 aromatic rings. The molecule has 0 nitrogen and oxygen atoms in total. The normalized spacial score (nSPS) is 3.25. The summed E-state index contributed by atoms with van der Waals surface area (Å²) in [6.45, 7) is 3.13. The van der Waals surface area contributed by atoms with Crippen molar-refractivity contribution in [1.29, 1.82) is 0 Å². The molecule has 0 aliphatic carbocycles. The van der Waals surface area contributed by atoms with Gasteiger partial charge in [-0.2, -0.15) is 0 Å². The second kappa shape index (κ2) is 8.85. The first-order valence-corrected chi connectivity index (χ1v) is 1.06. The molecule has 0 aliphatic rings. The van der Waals surface area contributed by atoms with Crippen LogP contribution in [0, 0.1) is 37.7 Å². The summed E-state index contributed by atoms with van der Waals surface area (Å²) in [5.74, 6) is 0. The number of halogens is 1. The van der Waals surface area contributed by atoms with Crippen molar-refractivity contribution < 1.29 is 37.7 Å². The summed E-state index contributed by atoms with van der Waals surface area (Å²) in [5.41, 5.74) is 1.22. The Morgan fingerprint density at radius 1 is 1.75 bits per heavy atom. The van der Waals surface area contributed by atoms with Crippen molar-refractivity contribution in [3.63, 3.8) is 0 Å². The van der Waals surface area contributed by atoms with Gasteiger partial charge in [0, 0.05) is 37.7 Å². The van der Waals surface area contributed by atoms with Gasteiger partial charge in [-0.25, -0.2) is 0 Å². The van der Waals surface area contributed by atoms with E-state index in [1.54, 1.807) is 0 Å². The zero-order chi connectivity index (χ0) is 2.71. The van der Waals surface area contributed by atoms with Crippen LogP contribution < -0.4 is 0 Å². The van der Waals surface area contributed by atoms with Crippen LogP contribution in [0.4, 0.5) is 0 Å².